The van der Waals surface area contributed by atoms with Gasteiger partial charge in [0.15, 0.2) is 5.15 Å². The average Bonchev–Trinajstić information content (AvgIpc) is 3.81. The lowest BCUT2D eigenvalue weighted by atomic mass is 9.80. The molecule has 0 aliphatic rings. The van der Waals surface area contributed by atoms with Crippen molar-refractivity contribution < 1.29 is 10.0 Å². The van der Waals surface area contributed by atoms with Crippen molar-refractivity contribution in [3.63, 3.8) is 0 Å². The minimum Gasteiger partial charge on any atom is -0.423 e. The highest BCUT2D eigenvalue weighted by Gasteiger charge is 2.15. The molecule has 0 saturated carbocycles. The Bertz CT molecular complexity index is 2930. The zero-order valence-electron chi connectivity index (χ0n) is 29.2. The summed E-state index contributed by atoms with van der Waals surface area (Å²) in [6, 6.07) is 52.2. The number of benzene rings is 6. The lowest BCUT2D eigenvalue weighted by Crippen LogP contribution is -2.29. The molecule has 12 heteroatoms. The summed E-state index contributed by atoms with van der Waals surface area (Å²) in [5, 5.41) is 21.0. The molecule has 0 unspecified atom stereocenters. The summed E-state index contributed by atoms with van der Waals surface area (Å²) >= 11 is 21.3. The zero-order chi connectivity index (χ0) is 38.6. The second-order valence-corrected chi connectivity index (χ2v) is 15.6. The van der Waals surface area contributed by atoms with Gasteiger partial charge in [0.1, 0.15) is 0 Å². The van der Waals surface area contributed by atoms with Gasteiger partial charge in [0.05, 0.1) is 26.1 Å². The fraction of sp³-hybridized carbons (Fsp3) is 0. The Labute approximate surface area is 345 Å². The summed E-state index contributed by atoms with van der Waals surface area (Å²) < 4.78 is 4.30. The Hall–Kier alpha value is -5.23. The molecule has 4 aromatic heterocycles. The van der Waals surface area contributed by atoms with Gasteiger partial charge in [0.2, 0.25) is 10.6 Å². The Morgan fingerprint density at radius 2 is 0.821 bits per heavy atom. The van der Waals surface area contributed by atoms with Gasteiger partial charge in [-0.05, 0) is 63.1 Å². The van der Waals surface area contributed by atoms with Crippen LogP contribution in [0, 0.1) is 0 Å². The van der Waals surface area contributed by atoms with Crippen molar-refractivity contribution in [2.45, 2.75) is 0 Å². The first kappa shape index (κ1) is 37.7. The first-order valence-corrected chi connectivity index (χ1v) is 20.1. The number of fused-ring (bicyclic) bond motifs is 6. The summed E-state index contributed by atoms with van der Waals surface area (Å²) in [7, 11) is -1.39. The van der Waals surface area contributed by atoms with Crippen LogP contribution in [0.1, 0.15) is 0 Å². The van der Waals surface area contributed by atoms with Crippen LogP contribution in [-0.4, -0.2) is 37.1 Å². The van der Waals surface area contributed by atoms with Crippen molar-refractivity contribution in [1.29, 1.82) is 0 Å². The summed E-state index contributed by atoms with van der Waals surface area (Å²) in [4.78, 5) is 17.1. The summed E-state index contributed by atoms with van der Waals surface area (Å²) in [6.45, 7) is 0. The fourth-order valence-corrected chi connectivity index (χ4v) is 9.06. The molecule has 6 nitrogen and oxygen atoms in total. The number of hydrogen-bond acceptors (Lipinski definition) is 8. The number of rotatable bonds is 4. The van der Waals surface area contributed by atoms with Crippen molar-refractivity contribution in [2.24, 2.45) is 0 Å². The van der Waals surface area contributed by atoms with Crippen LogP contribution in [0.15, 0.2) is 158 Å². The van der Waals surface area contributed by atoms with Crippen LogP contribution in [-0.2, 0) is 0 Å². The van der Waals surface area contributed by atoms with Crippen molar-refractivity contribution in [1.82, 2.24) is 19.9 Å². The highest BCUT2D eigenvalue weighted by molar-refractivity contribution is 7.26. The predicted octanol–water partition coefficient (Wildman–Crippen LogP) is 12.0. The van der Waals surface area contributed by atoms with Crippen molar-refractivity contribution in [2.75, 3.05) is 0 Å². The van der Waals surface area contributed by atoms with E-state index in [4.69, 9.17) is 44.9 Å². The molecule has 0 atom stereocenters. The van der Waals surface area contributed by atoms with Gasteiger partial charge in [-0.2, -0.15) is 0 Å². The minimum atomic E-state index is -1.39. The Morgan fingerprint density at radius 3 is 1.36 bits per heavy atom. The van der Waals surface area contributed by atoms with Crippen molar-refractivity contribution >= 4 is 111 Å². The van der Waals surface area contributed by atoms with Crippen LogP contribution in [0.2, 0.25) is 15.7 Å². The fourth-order valence-electron chi connectivity index (χ4n) is 6.22. The number of nitrogens with zero attached hydrogens (tertiary/aromatic N) is 4. The smallest absolute Gasteiger partial charge is 0.423 e. The summed E-state index contributed by atoms with van der Waals surface area (Å²) in [5.41, 5.74) is 8.78. The molecule has 0 radical (unpaired) electrons. The van der Waals surface area contributed by atoms with Crippen LogP contribution in [0.4, 0.5) is 0 Å². The summed E-state index contributed by atoms with van der Waals surface area (Å²) in [6.07, 6.45) is 0. The van der Waals surface area contributed by atoms with Gasteiger partial charge in [0.25, 0.3) is 0 Å². The van der Waals surface area contributed by atoms with E-state index in [0.717, 1.165) is 58.3 Å². The van der Waals surface area contributed by atoms with E-state index < -0.39 is 7.12 Å². The Balaban J connectivity index is 0.000000126. The summed E-state index contributed by atoms with van der Waals surface area (Å²) in [5.74, 6) is 0. The molecule has 0 fully saturated rings. The molecule has 2 N–H and O–H groups in total. The maximum absolute atomic E-state index is 8.94. The van der Waals surface area contributed by atoms with E-state index in [-0.39, 0.29) is 10.6 Å². The Kier molecular flexibility index (Phi) is 11.4. The number of halogens is 3. The van der Waals surface area contributed by atoms with E-state index in [1.807, 2.05) is 97.1 Å². The van der Waals surface area contributed by atoms with Crippen molar-refractivity contribution in [3.8, 4) is 33.5 Å². The molecule has 56 heavy (non-hydrogen) atoms. The SMILES string of the molecule is Clc1nc(-c2ccc(-c3ccccc3)cc2)c2sc3ccccc3c2n1.Clc1nc(Cl)c2sc3ccccc3c2n1.OB(O)c1ccc(-c2ccccc2)cc1. The van der Waals surface area contributed by atoms with E-state index in [0.29, 0.717) is 10.6 Å². The molecule has 0 aliphatic carbocycles. The predicted molar refractivity (Wildman–Crippen MR) is 237 cm³/mol. The maximum atomic E-state index is 8.94. The molecule has 0 amide bonds. The van der Waals surface area contributed by atoms with Gasteiger partial charge in [-0.15, -0.1) is 22.7 Å². The quantitative estimate of drug-likeness (QED) is 0.104. The molecule has 0 aliphatic heterocycles. The van der Waals surface area contributed by atoms with Gasteiger partial charge < -0.3 is 10.0 Å². The molecular formula is C44H28BCl3N4O2S2. The molecule has 6 aromatic carbocycles. The van der Waals surface area contributed by atoms with E-state index in [1.165, 1.54) is 15.8 Å². The second kappa shape index (κ2) is 16.9. The van der Waals surface area contributed by atoms with Crippen molar-refractivity contribution in [3.05, 3.63) is 173 Å². The van der Waals surface area contributed by atoms with Gasteiger partial charge in [0, 0.05) is 25.7 Å². The van der Waals surface area contributed by atoms with Crippen LogP contribution < -0.4 is 5.46 Å². The van der Waals surface area contributed by atoms with Crippen LogP contribution in [0.25, 0.3) is 74.1 Å². The third-order valence-corrected chi connectivity index (χ3v) is 12.0. The van der Waals surface area contributed by atoms with E-state index >= 15 is 0 Å². The molecule has 272 valence electrons. The van der Waals surface area contributed by atoms with Gasteiger partial charge in [-0.1, -0.05) is 157 Å². The second-order valence-electron chi connectivity index (χ2n) is 12.5. The van der Waals surface area contributed by atoms with Crippen LogP contribution in [0.5, 0.6) is 0 Å². The molecule has 10 aromatic rings. The minimum absolute atomic E-state index is 0.191. The van der Waals surface area contributed by atoms with E-state index in [1.54, 1.807) is 34.8 Å². The van der Waals surface area contributed by atoms with E-state index in [2.05, 4.69) is 68.5 Å². The zero-order valence-corrected chi connectivity index (χ0v) is 33.1. The molecule has 0 bridgehead atoms. The lowest BCUT2D eigenvalue weighted by molar-refractivity contribution is 0.426. The monoisotopic (exact) mass is 824 g/mol. The molecule has 10 rings (SSSR count). The van der Waals surface area contributed by atoms with E-state index in [9.17, 15) is 0 Å². The molecule has 4 heterocycles. The maximum Gasteiger partial charge on any atom is 0.488 e. The first-order valence-electron chi connectivity index (χ1n) is 17.3. The largest absolute Gasteiger partial charge is 0.488 e. The topological polar surface area (TPSA) is 92.0 Å². The molecule has 0 spiro atoms. The average molecular weight is 826 g/mol. The molecular weight excluding hydrogens is 798 g/mol. The van der Waals surface area contributed by atoms with Crippen LogP contribution >= 0.6 is 57.5 Å². The molecule has 0 saturated heterocycles. The third kappa shape index (κ3) is 8.16. The van der Waals surface area contributed by atoms with Gasteiger partial charge in [-0.25, -0.2) is 19.9 Å². The van der Waals surface area contributed by atoms with Crippen LogP contribution in [0.3, 0.4) is 0 Å². The number of aromatic nitrogens is 4. The first-order chi connectivity index (χ1) is 27.3. The lowest BCUT2D eigenvalue weighted by Gasteiger charge is -2.06. The Morgan fingerprint density at radius 1 is 0.411 bits per heavy atom. The number of thiophene rings is 2. The number of hydrogen-bond donors (Lipinski definition) is 2. The highest BCUT2D eigenvalue weighted by atomic mass is 35.5. The highest BCUT2D eigenvalue weighted by Crippen LogP contribution is 2.39. The van der Waals surface area contributed by atoms with Gasteiger partial charge >= 0.3 is 7.12 Å². The van der Waals surface area contributed by atoms with Gasteiger partial charge in [-0.3, -0.25) is 0 Å². The normalized spacial score (nSPS) is 10.9. The third-order valence-electron chi connectivity index (χ3n) is 8.93. The standard InChI is InChI=1S/C22H13ClN2S.C12H11BO2.C10H4Cl2N2S/c23-22-24-19(21-20(25-22)17-8-4-5-9-18(17)26-21)16-12-10-15(11-13-16)14-6-2-1-3-7-14;14-13(15)12-8-6-11(7-9-12)10-4-2-1-3-5-10;11-9-8-7(13-10(12)14-9)5-3-1-2-4-6(5)15-8/h1-13H;1-9,14-15H;1-4H.